The van der Waals surface area contributed by atoms with Crippen LogP contribution in [0.25, 0.3) is 0 Å². The SMILES string of the molecule is CCc1ccsc1C(NC)c1cccc2c1OCC2. The summed E-state index contributed by atoms with van der Waals surface area (Å²) in [5.74, 6) is 1.09. The molecule has 2 heterocycles. The van der Waals surface area contributed by atoms with Crippen molar-refractivity contribution in [2.45, 2.75) is 25.8 Å². The van der Waals surface area contributed by atoms with Gasteiger partial charge in [-0.25, -0.2) is 0 Å². The predicted molar refractivity (Wildman–Crippen MR) is 80.2 cm³/mol. The number of rotatable bonds is 4. The van der Waals surface area contributed by atoms with Crippen molar-refractivity contribution < 1.29 is 4.74 Å². The summed E-state index contributed by atoms with van der Waals surface area (Å²) in [6.45, 7) is 3.03. The molecule has 1 unspecified atom stereocenters. The Morgan fingerprint density at radius 3 is 3.05 bits per heavy atom. The zero-order chi connectivity index (χ0) is 13.2. The van der Waals surface area contributed by atoms with Crippen molar-refractivity contribution in [3.8, 4) is 5.75 Å². The van der Waals surface area contributed by atoms with Gasteiger partial charge in [0.15, 0.2) is 0 Å². The molecule has 1 aliphatic heterocycles. The van der Waals surface area contributed by atoms with E-state index in [-0.39, 0.29) is 6.04 Å². The molecule has 0 saturated heterocycles. The highest BCUT2D eigenvalue weighted by atomic mass is 32.1. The van der Waals surface area contributed by atoms with Crippen LogP contribution >= 0.6 is 11.3 Å². The van der Waals surface area contributed by atoms with Crippen LogP contribution in [0.5, 0.6) is 5.75 Å². The van der Waals surface area contributed by atoms with Gasteiger partial charge in [0.1, 0.15) is 5.75 Å². The summed E-state index contributed by atoms with van der Waals surface area (Å²) in [5, 5.41) is 5.64. The number of benzene rings is 1. The van der Waals surface area contributed by atoms with E-state index in [1.165, 1.54) is 21.6 Å². The largest absolute Gasteiger partial charge is 0.493 e. The van der Waals surface area contributed by atoms with Crippen molar-refractivity contribution in [1.29, 1.82) is 0 Å². The van der Waals surface area contributed by atoms with E-state index in [4.69, 9.17) is 4.74 Å². The number of ether oxygens (including phenoxy) is 1. The first kappa shape index (κ1) is 12.7. The molecule has 3 heteroatoms. The van der Waals surface area contributed by atoms with E-state index in [9.17, 15) is 0 Å². The molecule has 0 aliphatic carbocycles. The first-order chi connectivity index (χ1) is 9.35. The minimum atomic E-state index is 0.239. The zero-order valence-electron chi connectivity index (χ0n) is 11.4. The molecule has 1 aromatic heterocycles. The number of fused-ring (bicyclic) bond motifs is 1. The third-order valence-electron chi connectivity index (χ3n) is 3.77. The molecule has 19 heavy (non-hydrogen) atoms. The molecule has 0 bridgehead atoms. The highest BCUT2D eigenvalue weighted by Gasteiger charge is 2.24. The summed E-state index contributed by atoms with van der Waals surface area (Å²) in [6.07, 6.45) is 2.11. The van der Waals surface area contributed by atoms with Gasteiger partial charge in [0.05, 0.1) is 12.6 Å². The lowest BCUT2D eigenvalue weighted by molar-refractivity contribution is 0.351. The minimum absolute atomic E-state index is 0.239. The standard InChI is InChI=1S/C16H19NOS/c1-3-11-8-10-19-16(11)14(17-2)13-6-4-5-12-7-9-18-15(12)13/h4-6,8,10,14,17H,3,7,9H2,1-2H3. The maximum absolute atomic E-state index is 5.85. The summed E-state index contributed by atoms with van der Waals surface area (Å²) >= 11 is 1.83. The van der Waals surface area contributed by atoms with Gasteiger partial charge in [-0.15, -0.1) is 11.3 Å². The Labute approximate surface area is 118 Å². The minimum Gasteiger partial charge on any atom is -0.493 e. The van der Waals surface area contributed by atoms with E-state index in [0.717, 1.165) is 25.2 Å². The van der Waals surface area contributed by atoms with E-state index >= 15 is 0 Å². The van der Waals surface area contributed by atoms with Gasteiger partial charge in [-0.05, 0) is 36.0 Å². The molecule has 2 nitrogen and oxygen atoms in total. The Kier molecular flexibility index (Phi) is 3.58. The third-order valence-corrected chi connectivity index (χ3v) is 4.79. The lowest BCUT2D eigenvalue weighted by Crippen LogP contribution is -2.18. The van der Waals surface area contributed by atoms with E-state index in [1.807, 2.05) is 18.4 Å². The molecule has 0 saturated carbocycles. The van der Waals surface area contributed by atoms with Crippen LogP contribution in [0, 0.1) is 0 Å². The molecule has 3 rings (SSSR count). The van der Waals surface area contributed by atoms with Crippen LogP contribution in [0.4, 0.5) is 0 Å². The molecule has 0 amide bonds. The monoisotopic (exact) mass is 273 g/mol. The van der Waals surface area contributed by atoms with Crippen LogP contribution in [0.2, 0.25) is 0 Å². The Balaban J connectivity index is 2.06. The number of para-hydroxylation sites is 1. The topological polar surface area (TPSA) is 21.3 Å². The normalized spacial score (nSPS) is 15.1. The maximum atomic E-state index is 5.85. The van der Waals surface area contributed by atoms with Gasteiger partial charge < -0.3 is 10.1 Å². The first-order valence-corrected chi connectivity index (χ1v) is 7.71. The fraction of sp³-hybridized carbons (Fsp3) is 0.375. The summed E-state index contributed by atoms with van der Waals surface area (Å²) < 4.78 is 5.85. The molecule has 1 aromatic carbocycles. The lowest BCUT2D eigenvalue weighted by Gasteiger charge is -2.19. The fourth-order valence-corrected chi connectivity index (χ4v) is 3.91. The summed E-state index contributed by atoms with van der Waals surface area (Å²) in [7, 11) is 2.03. The van der Waals surface area contributed by atoms with E-state index in [0.29, 0.717) is 0 Å². The van der Waals surface area contributed by atoms with Gasteiger partial charge in [0.25, 0.3) is 0 Å². The lowest BCUT2D eigenvalue weighted by atomic mass is 9.98. The van der Waals surface area contributed by atoms with E-state index in [1.54, 1.807) is 0 Å². The summed E-state index contributed by atoms with van der Waals surface area (Å²) in [5.41, 5.74) is 4.04. The molecule has 2 aromatic rings. The Bertz CT molecular complexity index is 576. The van der Waals surface area contributed by atoms with Gasteiger partial charge in [-0.2, -0.15) is 0 Å². The molecule has 1 N–H and O–H groups in total. The molecule has 1 aliphatic rings. The Morgan fingerprint density at radius 2 is 2.26 bits per heavy atom. The van der Waals surface area contributed by atoms with Gasteiger partial charge in [-0.3, -0.25) is 0 Å². The summed E-state index contributed by atoms with van der Waals surface area (Å²) in [6, 6.07) is 8.97. The molecule has 1 atom stereocenters. The van der Waals surface area contributed by atoms with Gasteiger partial charge in [0.2, 0.25) is 0 Å². The number of thiophene rings is 1. The van der Waals surface area contributed by atoms with Crippen molar-refractivity contribution in [2.24, 2.45) is 0 Å². The van der Waals surface area contributed by atoms with Crippen molar-refractivity contribution in [3.63, 3.8) is 0 Å². The predicted octanol–water partition coefficient (Wildman–Crippen LogP) is 3.55. The van der Waals surface area contributed by atoms with Crippen molar-refractivity contribution in [3.05, 3.63) is 51.2 Å². The van der Waals surface area contributed by atoms with Crippen LogP contribution in [0.3, 0.4) is 0 Å². The van der Waals surface area contributed by atoms with Gasteiger partial charge in [-0.1, -0.05) is 25.1 Å². The van der Waals surface area contributed by atoms with Crippen molar-refractivity contribution in [2.75, 3.05) is 13.7 Å². The number of nitrogens with one attached hydrogen (secondary N) is 1. The van der Waals surface area contributed by atoms with Crippen LogP contribution in [-0.4, -0.2) is 13.7 Å². The van der Waals surface area contributed by atoms with E-state index < -0.39 is 0 Å². The average Bonchev–Trinajstić information content (AvgIpc) is 3.08. The third kappa shape index (κ3) is 2.17. The van der Waals surface area contributed by atoms with Gasteiger partial charge in [0, 0.05) is 16.9 Å². The number of hydrogen-bond donors (Lipinski definition) is 1. The highest BCUT2D eigenvalue weighted by Crippen LogP contribution is 2.38. The fourth-order valence-electron chi connectivity index (χ4n) is 2.79. The van der Waals surface area contributed by atoms with Crippen LogP contribution in [-0.2, 0) is 12.8 Å². The molecular weight excluding hydrogens is 254 g/mol. The Hall–Kier alpha value is -1.32. The summed E-state index contributed by atoms with van der Waals surface area (Å²) in [4.78, 5) is 1.41. The van der Waals surface area contributed by atoms with Gasteiger partial charge >= 0.3 is 0 Å². The second kappa shape index (κ2) is 5.35. The number of aryl methyl sites for hydroxylation is 1. The number of hydrogen-bond acceptors (Lipinski definition) is 3. The molecule has 0 fully saturated rings. The van der Waals surface area contributed by atoms with Crippen molar-refractivity contribution >= 4 is 11.3 Å². The molecule has 100 valence electrons. The van der Waals surface area contributed by atoms with Crippen LogP contribution in [0.1, 0.15) is 34.5 Å². The van der Waals surface area contributed by atoms with E-state index in [2.05, 4.69) is 41.9 Å². The molecule has 0 spiro atoms. The first-order valence-electron chi connectivity index (χ1n) is 6.83. The van der Waals surface area contributed by atoms with Crippen LogP contribution in [0.15, 0.2) is 29.6 Å². The highest BCUT2D eigenvalue weighted by molar-refractivity contribution is 7.10. The molecular formula is C16H19NOS. The maximum Gasteiger partial charge on any atom is 0.127 e. The molecule has 0 radical (unpaired) electrons. The van der Waals surface area contributed by atoms with Crippen LogP contribution < -0.4 is 10.1 Å². The second-order valence-electron chi connectivity index (χ2n) is 4.82. The second-order valence-corrected chi connectivity index (χ2v) is 5.77. The quantitative estimate of drug-likeness (QED) is 0.919. The zero-order valence-corrected chi connectivity index (χ0v) is 12.2. The van der Waals surface area contributed by atoms with Crippen molar-refractivity contribution in [1.82, 2.24) is 5.32 Å². The average molecular weight is 273 g/mol. The smallest absolute Gasteiger partial charge is 0.127 e. The Morgan fingerprint density at radius 1 is 1.37 bits per heavy atom.